The smallest absolute Gasteiger partial charge is 0.282 e. The molecule has 1 N–H and O–H groups in total. The lowest BCUT2D eigenvalue weighted by molar-refractivity contribution is -0.176. The highest BCUT2D eigenvalue weighted by molar-refractivity contribution is 5.88. The van der Waals surface area contributed by atoms with Gasteiger partial charge in [0.1, 0.15) is 0 Å². The predicted molar refractivity (Wildman–Crippen MR) is 41.0 cm³/mol. The minimum atomic E-state index is -2.83. The molecular weight excluding hydrogens is 180 g/mol. The van der Waals surface area contributed by atoms with Crippen molar-refractivity contribution in [3.8, 4) is 12.3 Å². The number of amides is 1. The molecule has 1 amide bonds. The lowest BCUT2D eigenvalue weighted by Crippen LogP contribution is -2.62. The van der Waals surface area contributed by atoms with Crippen LogP contribution in [0.15, 0.2) is 0 Å². The highest BCUT2D eigenvalue weighted by Crippen LogP contribution is 2.28. The summed E-state index contributed by atoms with van der Waals surface area (Å²) in [7, 11) is 0. The first-order valence-corrected chi connectivity index (χ1v) is 3.66. The number of carbonyl (C=O) groups excluding carboxylic acids is 1. The summed E-state index contributed by atoms with van der Waals surface area (Å²) in [6, 6.07) is 0. The fourth-order valence-electron chi connectivity index (χ4n) is 1.03. The molecule has 1 atom stereocenters. The third-order valence-corrected chi connectivity index (χ3v) is 1.83. The molecule has 72 valence electrons. The standard InChI is InChI=1S/C8H9F2NO2/c1-3-7(2,13)6(12)11-4-8(9,10)5-11/h1,13H,4-5H2,2H3. The first-order chi connectivity index (χ1) is 5.78. The predicted octanol–water partition coefficient (Wildman–Crippen LogP) is -0.152. The van der Waals surface area contributed by atoms with Gasteiger partial charge in [0.05, 0.1) is 13.1 Å². The van der Waals surface area contributed by atoms with E-state index in [9.17, 15) is 18.7 Å². The van der Waals surface area contributed by atoms with Gasteiger partial charge < -0.3 is 10.0 Å². The lowest BCUT2D eigenvalue weighted by atomic mass is 10.0. The van der Waals surface area contributed by atoms with E-state index in [0.29, 0.717) is 0 Å². The molecule has 0 bridgehead atoms. The maximum Gasteiger partial charge on any atom is 0.282 e. The Hall–Kier alpha value is -1.15. The van der Waals surface area contributed by atoms with Crippen molar-refractivity contribution in [3.05, 3.63) is 0 Å². The number of hydrogen-bond donors (Lipinski definition) is 1. The third-order valence-electron chi connectivity index (χ3n) is 1.83. The fraction of sp³-hybridized carbons (Fsp3) is 0.625. The average molecular weight is 189 g/mol. The van der Waals surface area contributed by atoms with Gasteiger partial charge in [0.15, 0.2) is 0 Å². The van der Waals surface area contributed by atoms with Gasteiger partial charge in [-0.15, -0.1) is 6.42 Å². The lowest BCUT2D eigenvalue weighted by Gasteiger charge is -2.40. The van der Waals surface area contributed by atoms with Crippen LogP contribution in [-0.4, -0.2) is 40.5 Å². The van der Waals surface area contributed by atoms with Crippen LogP contribution in [0, 0.1) is 12.3 Å². The van der Waals surface area contributed by atoms with E-state index in [-0.39, 0.29) is 0 Å². The number of halogens is 2. The van der Waals surface area contributed by atoms with Gasteiger partial charge in [0.2, 0.25) is 5.60 Å². The summed E-state index contributed by atoms with van der Waals surface area (Å²) < 4.78 is 24.6. The Bertz CT molecular complexity index is 272. The molecule has 0 aromatic rings. The number of rotatable bonds is 1. The van der Waals surface area contributed by atoms with E-state index < -0.39 is 30.5 Å². The summed E-state index contributed by atoms with van der Waals surface area (Å²) in [5.74, 6) is -1.84. The second-order valence-corrected chi connectivity index (χ2v) is 3.23. The molecule has 0 aliphatic carbocycles. The first-order valence-electron chi connectivity index (χ1n) is 3.66. The Labute approximate surface area is 74.3 Å². The Morgan fingerprint density at radius 2 is 2.15 bits per heavy atom. The maximum absolute atomic E-state index is 12.3. The van der Waals surface area contributed by atoms with Crippen LogP contribution in [0.5, 0.6) is 0 Å². The molecule has 1 saturated heterocycles. The zero-order chi connectivity index (χ0) is 10.3. The zero-order valence-corrected chi connectivity index (χ0v) is 7.05. The Morgan fingerprint density at radius 1 is 1.69 bits per heavy atom. The number of likely N-dealkylation sites (tertiary alicyclic amines) is 1. The molecule has 1 rings (SSSR count). The molecule has 3 nitrogen and oxygen atoms in total. The second kappa shape index (κ2) is 2.67. The molecule has 1 aliphatic rings. The molecule has 0 saturated carbocycles. The summed E-state index contributed by atoms with van der Waals surface area (Å²) >= 11 is 0. The summed E-state index contributed by atoms with van der Waals surface area (Å²) in [5.41, 5.74) is -1.98. The zero-order valence-electron chi connectivity index (χ0n) is 7.05. The van der Waals surface area contributed by atoms with E-state index in [1.807, 2.05) is 5.92 Å². The Balaban J connectivity index is 2.59. The fourth-order valence-corrected chi connectivity index (χ4v) is 1.03. The topological polar surface area (TPSA) is 40.5 Å². The molecule has 1 aliphatic heterocycles. The van der Waals surface area contributed by atoms with Crippen LogP contribution in [0.2, 0.25) is 0 Å². The van der Waals surface area contributed by atoms with Crippen LogP contribution in [0.3, 0.4) is 0 Å². The van der Waals surface area contributed by atoms with Gasteiger partial charge >= 0.3 is 0 Å². The van der Waals surface area contributed by atoms with Gasteiger partial charge in [0, 0.05) is 0 Å². The number of nitrogens with zero attached hydrogens (tertiary/aromatic N) is 1. The number of hydrogen-bond acceptors (Lipinski definition) is 2. The minimum Gasteiger partial charge on any atom is -0.370 e. The van der Waals surface area contributed by atoms with Crippen LogP contribution in [-0.2, 0) is 4.79 Å². The van der Waals surface area contributed by atoms with E-state index in [4.69, 9.17) is 6.42 Å². The molecule has 5 heteroatoms. The van der Waals surface area contributed by atoms with E-state index in [2.05, 4.69) is 0 Å². The van der Waals surface area contributed by atoms with Crippen molar-refractivity contribution < 1.29 is 18.7 Å². The van der Waals surface area contributed by atoms with Gasteiger partial charge in [-0.2, -0.15) is 0 Å². The SMILES string of the molecule is C#CC(C)(O)C(=O)N1CC(F)(F)C1. The van der Waals surface area contributed by atoms with Crippen LogP contribution < -0.4 is 0 Å². The van der Waals surface area contributed by atoms with Gasteiger partial charge in [-0.25, -0.2) is 8.78 Å². The summed E-state index contributed by atoms with van der Waals surface area (Å²) in [5, 5.41) is 9.23. The van der Waals surface area contributed by atoms with Crippen LogP contribution in [0.1, 0.15) is 6.92 Å². The molecule has 0 aromatic heterocycles. The number of carbonyl (C=O) groups is 1. The van der Waals surface area contributed by atoms with Gasteiger partial charge in [-0.3, -0.25) is 4.79 Å². The average Bonchev–Trinajstić information content (AvgIpc) is 1.98. The molecule has 1 heterocycles. The molecule has 13 heavy (non-hydrogen) atoms. The van der Waals surface area contributed by atoms with E-state index >= 15 is 0 Å². The highest BCUT2D eigenvalue weighted by atomic mass is 19.3. The molecule has 1 fully saturated rings. The Kier molecular flexibility index (Phi) is 2.04. The molecule has 0 spiro atoms. The third kappa shape index (κ3) is 1.78. The summed E-state index contributed by atoms with van der Waals surface area (Å²) in [6.07, 6.45) is 4.86. The van der Waals surface area contributed by atoms with Crippen molar-refractivity contribution >= 4 is 5.91 Å². The van der Waals surface area contributed by atoms with Crippen molar-refractivity contribution in [1.29, 1.82) is 0 Å². The van der Waals surface area contributed by atoms with Gasteiger partial charge in [0.25, 0.3) is 11.8 Å². The largest absolute Gasteiger partial charge is 0.370 e. The maximum atomic E-state index is 12.3. The molecule has 0 radical (unpaired) electrons. The summed E-state index contributed by atoms with van der Waals surface area (Å²) in [4.78, 5) is 12.0. The first kappa shape index (κ1) is 9.93. The van der Waals surface area contributed by atoms with E-state index in [0.717, 1.165) is 11.8 Å². The molecular formula is C8H9F2NO2. The number of terminal acetylenes is 1. The second-order valence-electron chi connectivity index (χ2n) is 3.23. The molecule has 0 aromatic carbocycles. The minimum absolute atomic E-state index is 0.663. The van der Waals surface area contributed by atoms with Crippen LogP contribution in [0.25, 0.3) is 0 Å². The number of alkyl halides is 2. The van der Waals surface area contributed by atoms with Crippen LogP contribution in [0.4, 0.5) is 8.78 Å². The van der Waals surface area contributed by atoms with Crippen molar-refractivity contribution in [1.82, 2.24) is 4.90 Å². The van der Waals surface area contributed by atoms with E-state index in [1.54, 1.807) is 0 Å². The monoisotopic (exact) mass is 189 g/mol. The van der Waals surface area contributed by atoms with Gasteiger partial charge in [-0.05, 0) is 6.92 Å². The van der Waals surface area contributed by atoms with Crippen LogP contribution >= 0.6 is 0 Å². The van der Waals surface area contributed by atoms with Gasteiger partial charge in [-0.1, -0.05) is 5.92 Å². The molecule has 1 unspecified atom stereocenters. The Morgan fingerprint density at radius 3 is 2.46 bits per heavy atom. The van der Waals surface area contributed by atoms with Crippen molar-refractivity contribution in [2.45, 2.75) is 18.4 Å². The normalized spacial score (nSPS) is 24.1. The summed E-state index contributed by atoms with van der Waals surface area (Å²) in [6.45, 7) is -0.223. The quantitative estimate of drug-likeness (QED) is 0.583. The van der Waals surface area contributed by atoms with Crippen molar-refractivity contribution in [2.75, 3.05) is 13.1 Å². The number of aliphatic hydroxyl groups is 1. The van der Waals surface area contributed by atoms with E-state index in [1.165, 1.54) is 0 Å². The highest BCUT2D eigenvalue weighted by Gasteiger charge is 2.49. The van der Waals surface area contributed by atoms with Crippen molar-refractivity contribution in [3.63, 3.8) is 0 Å². The van der Waals surface area contributed by atoms with Crippen molar-refractivity contribution in [2.24, 2.45) is 0 Å².